The summed E-state index contributed by atoms with van der Waals surface area (Å²) in [5.74, 6) is -0.371. The van der Waals surface area contributed by atoms with Gasteiger partial charge in [-0.1, -0.05) is 34.1 Å². The molecule has 184 valence electrons. The van der Waals surface area contributed by atoms with E-state index in [0.29, 0.717) is 22.8 Å². The molecule has 0 aromatic heterocycles. The smallest absolute Gasteiger partial charge is 0.338 e. The second-order valence-electron chi connectivity index (χ2n) is 7.33. The normalized spacial score (nSPS) is 15.3. The molecule has 1 aliphatic rings. The molecule has 1 atom stereocenters. The second kappa shape index (κ2) is 12.0. The van der Waals surface area contributed by atoms with E-state index in [4.69, 9.17) is 14.2 Å². The fraction of sp³-hybridized carbons (Fsp3) is 0.250. The number of allylic oxidation sites excluding steroid dienone is 1. The van der Waals surface area contributed by atoms with Gasteiger partial charge in [-0.15, -0.1) is 0 Å². The first-order valence-electron chi connectivity index (χ1n) is 10.7. The first-order valence-corrected chi connectivity index (χ1v) is 11.4. The predicted molar refractivity (Wildman–Crippen MR) is 132 cm³/mol. The van der Waals surface area contributed by atoms with E-state index in [1.807, 2.05) is 24.3 Å². The van der Waals surface area contributed by atoms with Crippen molar-refractivity contribution in [1.82, 2.24) is 16.1 Å². The zero-order valence-corrected chi connectivity index (χ0v) is 21.0. The molecule has 0 fully saturated rings. The Morgan fingerprint density at radius 2 is 1.91 bits per heavy atom. The van der Waals surface area contributed by atoms with Crippen LogP contribution in [0, 0.1) is 0 Å². The number of hydrogen-bond acceptors (Lipinski definition) is 7. The molecule has 0 saturated heterocycles. The lowest BCUT2D eigenvalue weighted by atomic mass is 9.95. The van der Waals surface area contributed by atoms with Gasteiger partial charge >= 0.3 is 12.0 Å². The minimum absolute atomic E-state index is 0.196. The minimum atomic E-state index is -0.748. The summed E-state index contributed by atoms with van der Waals surface area (Å²) < 4.78 is 17.1. The third-order valence-corrected chi connectivity index (χ3v) is 5.45. The molecule has 0 spiro atoms. The number of nitrogens with one attached hydrogen (secondary N) is 3. The van der Waals surface area contributed by atoms with Crippen LogP contribution < -0.4 is 25.5 Å². The Morgan fingerprint density at radius 3 is 2.60 bits per heavy atom. The summed E-state index contributed by atoms with van der Waals surface area (Å²) in [5, 5.41) is 9.22. The molecule has 35 heavy (non-hydrogen) atoms. The van der Waals surface area contributed by atoms with Gasteiger partial charge in [-0.05, 0) is 49.2 Å². The summed E-state index contributed by atoms with van der Waals surface area (Å²) in [6.45, 7) is 3.23. The Morgan fingerprint density at radius 1 is 1.17 bits per heavy atom. The Hall–Kier alpha value is -3.86. The summed E-state index contributed by atoms with van der Waals surface area (Å²) in [7, 11) is 1.45. The van der Waals surface area contributed by atoms with Crippen LogP contribution in [0.5, 0.6) is 11.5 Å². The lowest BCUT2D eigenvalue weighted by molar-refractivity contribution is -0.139. The van der Waals surface area contributed by atoms with Gasteiger partial charge in [0.15, 0.2) is 18.1 Å². The number of urea groups is 1. The molecule has 1 heterocycles. The van der Waals surface area contributed by atoms with Gasteiger partial charge in [0.2, 0.25) is 0 Å². The van der Waals surface area contributed by atoms with Gasteiger partial charge in [-0.25, -0.2) is 15.0 Å². The van der Waals surface area contributed by atoms with Crippen molar-refractivity contribution in [1.29, 1.82) is 0 Å². The molecule has 0 radical (unpaired) electrons. The summed E-state index contributed by atoms with van der Waals surface area (Å²) in [5.41, 5.74) is 4.48. The van der Waals surface area contributed by atoms with Gasteiger partial charge in [-0.3, -0.25) is 4.79 Å². The maximum absolute atomic E-state index is 12.5. The van der Waals surface area contributed by atoms with Crippen LogP contribution in [0.25, 0.3) is 0 Å². The van der Waals surface area contributed by atoms with E-state index in [-0.39, 0.29) is 18.8 Å². The molecule has 2 aromatic rings. The molecular formula is C24H25BrN4O6. The maximum atomic E-state index is 12.5. The second-order valence-corrected chi connectivity index (χ2v) is 8.25. The number of benzene rings is 2. The largest absolute Gasteiger partial charge is 0.493 e. The van der Waals surface area contributed by atoms with E-state index in [9.17, 15) is 14.4 Å². The number of hydrazone groups is 1. The number of methoxy groups -OCH3 is 1. The minimum Gasteiger partial charge on any atom is -0.493 e. The molecule has 3 rings (SSSR count). The molecule has 3 N–H and O–H groups in total. The van der Waals surface area contributed by atoms with E-state index >= 15 is 0 Å². The van der Waals surface area contributed by atoms with Gasteiger partial charge in [0.25, 0.3) is 5.91 Å². The number of hydrogen-bond donors (Lipinski definition) is 3. The van der Waals surface area contributed by atoms with Crippen LogP contribution in [0.1, 0.15) is 31.0 Å². The lowest BCUT2D eigenvalue weighted by Gasteiger charge is -2.28. The van der Waals surface area contributed by atoms with Crippen molar-refractivity contribution in [2.75, 3.05) is 20.3 Å². The monoisotopic (exact) mass is 544 g/mol. The van der Waals surface area contributed by atoms with Crippen LogP contribution in [-0.4, -0.2) is 44.4 Å². The molecule has 10 nitrogen and oxygen atoms in total. The van der Waals surface area contributed by atoms with Gasteiger partial charge in [0.1, 0.15) is 0 Å². The molecular weight excluding hydrogens is 520 g/mol. The van der Waals surface area contributed by atoms with E-state index < -0.39 is 23.9 Å². The Labute approximate surface area is 210 Å². The summed E-state index contributed by atoms with van der Waals surface area (Å²) >= 11 is 3.35. The summed E-state index contributed by atoms with van der Waals surface area (Å²) in [4.78, 5) is 36.7. The van der Waals surface area contributed by atoms with Crippen LogP contribution in [0.2, 0.25) is 0 Å². The fourth-order valence-electron chi connectivity index (χ4n) is 3.31. The van der Waals surface area contributed by atoms with Crippen LogP contribution in [0.4, 0.5) is 4.79 Å². The number of nitrogens with zero attached hydrogens (tertiary/aromatic N) is 1. The van der Waals surface area contributed by atoms with Gasteiger partial charge in [0.05, 0.1) is 31.5 Å². The number of esters is 1. The van der Waals surface area contributed by atoms with Crippen molar-refractivity contribution in [3.63, 3.8) is 0 Å². The van der Waals surface area contributed by atoms with E-state index in [1.165, 1.54) is 13.3 Å². The van der Waals surface area contributed by atoms with Crippen molar-refractivity contribution in [2.24, 2.45) is 5.10 Å². The Bertz CT molecular complexity index is 1160. The Balaban J connectivity index is 1.69. The van der Waals surface area contributed by atoms with E-state index in [2.05, 4.69) is 37.1 Å². The van der Waals surface area contributed by atoms with Gasteiger partial charge < -0.3 is 24.8 Å². The molecule has 0 aliphatic carbocycles. The SMILES string of the molecule is CCOC(=O)C1=C(C)NC(=O)N[C@@H]1c1ccc(OCC(=O)N/N=C\c2ccc(Br)cc2)c(OC)c1. The van der Waals surface area contributed by atoms with Gasteiger partial charge in [0, 0.05) is 10.2 Å². The molecule has 11 heteroatoms. The zero-order valence-electron chi connectivity index (χ0n) is 19.4. The average Bonchev–Trinajstić information content (AvgIpc) is 2.83. The number of carbonyl (C=O) groups excluding carboxylic acids is 3. The molecule has 0 unspecified atom stereocenters. The molecule has 0 saturated carbocycles. The quantitative estimate of drug-likeness (QED) is 0.253. The molecule has 2 aromatic carbocycles. The standard InChI is InChI=1S/C24H25BrN4O6/c1-4-34-23(31)21-14(2)27-24(32)28-22(21)16-7-10-18(19(11-16)33-3)35-13-20(30)29-26-12-15-5-8-17(25)9-6-15/h5-12,22H,4,13H2,1-3H3,(H,29,30)(H2,27,28,32)/b26-12-/t22-/m1/s1. The molecule has 3 amide bonds. The van der Waals surface area contributed by atoms with E-state index in [0.717, 1.165) is 10.0 Å². The number of halogens is 1. The molecule has 1 aliphatic heterocycles. The van der Waals surface area contributed by atoms with Crippen LogP contribution in [-0.2, 0) is 14.3 Å². The zero-order chi connectivity index (χ0) is 25.4. The third kappa shape index (κ3) is 6.82. The molecule has 0 bridgehead atoms. The highest BCUT2D eigenvalue weighted by molar-refractivity contribution is 9.10. The van der Waals surface area contributed by atoms with Crippen molar-refractivity contribution in [2.45, 2.75) is 19.9 Å². The van der Waals surface area contributed by atoms with Crippen molar-refractivity contribution < 1.29 is 28.6 Å². The number of ether oxygens (including phenoxy) is 3. The van der Waals surface area contributed by atoms with Gasteiger partial charge in [-0.2, -0.15) is 5.10 Å². The van der Waals surface area contributed by atoms with Crippen LogP contribution in [0.3, 0.4) is 0 Å². The highest BCUT2D eigenvalue weighted by Gasteiger charge is 2.32. The third-order valence-electron chi connectivity index (χ3n) is 4.92. The number of carbonyl (C=O) groups is 3. The van der Waals surface area contributed by atoms with Crippen molar-refractivity contribution in [3.8, 4) is 11.5 Å². The highest BCUT2D eigenvalue weighted by Crippen LogP contribution is 2.34. The average molecular weight is 545 g/mol. The highest BCUT2D eigenvalue weighted by atomic mass is 79.9. The summed E-state index contributed by atoms with van der Waals surface area (Å²) in [6, 6.07) is 11.1. The lowest BCUT2D eigenvalue weighted by Crippen LogP contribution is -2.45. The summed E-state index contributed by atoms with van der Waals surface area (Å²) in [6.07, 6.45) is 1.52. The maximum Gasteiger partial charge on any atom is 0.338 e. The topological polar surface area (TPSA) is 127 Å². The van der Waals surface area contributed by atoms with Crippen LogP contribution in [0.15, 0.2) is 63.3 Å². The van der Waals surface area contributed by atoms with Crippen molar-refractivity contribution in [3.05, 3.63) is 69.3 Å². The first-order chi connectivity index (χ1) is 16.8. The Kier molecular flexibility index (Phi) is 8.85. The number of rotatable bonds is 9. The number of amides is 3. The van der Waals surface area contributed by atoms with Crippen LogP contribution >= 0.6 is 15.9 Å². The fourth-order valence-corrected chi connectivity index (χ4v) is 3.57. The predicted octanol–water partition coefficient (Wildman–Crippen LogP) is 3.18. The first kappa shape index (κ1) is 25.8. The van der Waals surface area contributed by atoms with E-state index in [1.54, 1.807) is 32.0 Å². The van der Waals surface area contributed by atoms with Crippen molar-refractivity contribution >= 4 is 40.1 Å².